The Labute approximate surface area is 78.2 Å². The fourth-order valence-corrected chi connectivity index (χ4v) is 4.01. The van der Waals surface area contributed by atoms with Crippen LogP contribution in [-0.2, 0) is 4.74 Å². The summed E-state index contributed by atoms with van der Waals surface area (Å²) >= 11 is 1.98. The van der Waals surface area contributed by atoms with E-state index >= 15 is 0 Å². The lowest BCUT2D eigenvalue weighted by Crippen LogP contribution is -2.51. The Kier molecular flexibility index (Phi) is 1.55. The lowest BCUT2D eigenvalue weighted by molar-refractivity contribution is -0.209. The summed E-state index contributed by atoms with van der Waals surface area (Å²) in [4.78, 5) is 0. The highest BCUT2D eigenvalue weighted by Crippen LogP contribution is 2.64. The fourth-order valence-electron chi connectivity index (χ4n) is 3.49. The van der Waals surface area contributed by atoms with Crippen molar-refractivity contribution in [2.45, 2.75) is 37.4 Å². The van der Waals surface area contributed by atoms with Gasteiger partial charge in [0.15, 0.2) is 0 Å². The number of hydrogen-bond donors (Lipinski definition) is 0. The molecule has 2 heterocycles. The van der Waals surface area contributed by atoms with Gasteiger partial charge in [-0.25, -0.2) is 0 Å². The van der Waals surface area contributed by atoms with Gasteiger partial charge >= 0.3 is 0 Å². The van der Waals surface area contributed by atoms with Crippen LogP contribution in [0.25, 0.3) is 0 Å². The molecule has 0 radical (unpaired) electrons. The Morgan fingerprint density at radius 3 is 2.83 bits per heavy atom. The van der Waals surface area contributed by atoms with Crippen LogP contribution in [0, 0.1) is 11.8 Å². The predicted molar refractivity (Wildman–Crippen MR) is 51.4 cm³/mol. The minimum absolute atomic E-state index is 0.408. The first-order valence-corrected chi connectivity index (χ1v) is 6.40. The van der Waals surface area contributed by atoms with E-state index in [0.717, 1.165) is 11.8 Å². The van der Waals surface area contributed by atoms with Gasteiger partial charge in [0.25, 0.3) is 0 Å². The van der Waals surface area contributed by atoms with Gasteiger partial charge in [0.2, 0.25) is 0 Å². The molecule has 2 aliphatic carbocycles. The van der Waals surface area contributed by atoms with Crippen LogP contribution in [0.2, 0.25) is 0 Å². The maximum atomic E-state index is 5.94. The first-order chi connectivity index (χ1) is 5.84. The second kappa shape index (κ2) is 2.42. The maximum absolute atomic E-state index is 5.94. The van der Waals surface area contributed by atoms with E-state index in [2.05, 4.69) is 6.26 Å². The normalized spacial score (nSPS) is 54.2. The molecule has 2 saturated heterocycles. The van der Waals surface area contributed by atoms with Crippen molar-refractivity contribution in [3.05, 3.63) is 0 Å². The Balaban J connectivity index is 1.67. The lowest BCUT2D eigenvalue weighted by atomic mass is 9.77. The van der Waals surface area contributed by atoms with E-state index in [1.54, 1.807) is 0 Å². The van der Waals surface area contributed by atoms with E-state index in [1.807, 2.05) is 11.8 Å². The number of thioether (sulfide) groups is 1. The Bertz CT molecular complexity index is 198. The molecule has 4 rings (SSSR count). The molecule has 68 valence electrons. The molecule has 0 N–H and O–H groups in total. The summed E-state index contributed by atoms with van der Waals surface area (Å²) in [5.74, 6) is 3.20. The highest BCUT2D eigenvalue weighted by molar-refractivity contribution is 7.98. The molecule has 1 nitrogen and oxygen atoms in total. The zero-order chi connectivity index (χ0) is 8.18. The number of hydrogen-bond acceptors (Lipinski definition) is 2. The van der Waals surface area contributed by atoms with Crippen LogP contribution in [0.15, 0.2) is 0 Å². The molecule has 4 unspecified atom stereocenters. The first-order valence-electron chi connectivity index (χ1n) is 5.01. The Morgan fingerprint density at radius 2 is 2.33 bits per heavy atom. The third-order valence-electron chi connectivity index (χ3n) is 4.07. The zero-order valence-corrected chi connectivity index (χ0v) is 8.40. The molecule has 1 spiro atoms. The summed E-state index contributed by atoms with van der Waals surface area (Å²) < 4.78 is 5.94. The fraction of sp³-hybridized carbons (Fsp3) is 1.00. The molecule has 3 bridgehead atoms. The number of ether oxygens (including phenoxy) is 1. The van der Waals surface area contributed by atoms with Crippen molar-refractivity contribution >= 4 is 11.8 Å². The van der Waals surface area contributed by atoms with Crippen molar-refractivity contribution in [1.82, 2.24) is 0 Å². The average Bonchev–Trinajstić information content (AvgIpc) is 2.61. The predicted octanol–water partition coefficient (Wildman–Crippen LogP) is 2.31. The van der Waals surface area contributed by atoms with Crippen LogP contribution in [0.1, 0.15) is 25.7 Å². The molecular weight excluding hydrogens is 168 g/mol. The Hall–Kier alpha value is 0.310. The molecular formula is C10H16OS. The quantitative estimate of drug-likeness (QED) is 0.665. The van der Waals surface area contributed by atoms with Crippen molar-refractivity contribution in [1.29, 1.82) is 0 Å². The topological polar surface area (TPSA) is 9.23 Å². The second-order valence-corrected chi connectivity index (χ2v) is 5.59. The molecule has 0 aromatic carbocycles. The summed E-state index contributed by atoms with van der Waals surface area (Å²) in [6, 6.07) is 0. The van der Waals surface area contributed by atoms with Crippen LogP contribution in [0.4, 0.5) is 0 Å². The molecule has 12 heavy (non-hydrogen) atoms. The highest BCUT2D eigenvalue weighted by atomic mass is 32.2. The van der Waals surface area contributed by atoms with E-state index < -0.39 is 0 Å². The molecule has 0 aromatic heterocycles. The maximum Gasteiger partial charge on any atom is 0.0743 e. The van der Waals surface area contributed by atoms with E-state index in [-0.39, 0.29) is 0 Å². The third-order valence-corrected chi connectivity index (χ3v) is 4.71. The van der Waals surface area contributed by atoms with Gasteiger partial charge in [-0.05, 0) is 43.1 Å². The van der Waals surface area contributed by atoms with E-state index in [9.17, 15) is 0 Å². The number of rotatable bonds is 3. The summed E-state index contributed by atoms with van der Waals surface area (Å²) in [6.07, 6.45) is 8.56. The molecule has 4 aliphatic rings. The van der Waals surface area contributed by atoms with E-state index in [4.69, 9.17) is 4.74 Å². The minimum Gasteiger partial charge on any atom is -0.371 e. The van der Waals surface area contributed by atoms with Crippen molar-refractivity contribution in [3.8, 4) is 0 Å². The lowest BCUT2D eigenvalue weighted by Gasteiger charge is -2.48. The summed E-state index contributed by atoms with van der Waals surface area (Å²) in [5, 5.41) is 0. The van der Waals surface area contributed by atoms with Crippen LogP contribution < -0.4 is 0 Å². The summed E-state index contributed by atoms with van der Waals surface area (Å²) in [5.41, 5.74) is 0.408. The molecule has 0 aromatic rings. The van der Waals surface area contributed by atoms with Crippen molar-refractivity contribution in [2.24, 2.45) is 11.8 Å². The van der Waals surface area contributed by atoms with Crippen LogP contribution in [-0.4, -0.2) is 23.7 Å². The van der Waals surface area contributed by atoms with Gasteiger partial charge < -0.3 is 4.74 Å². The zero-order valence-electron chi connectivity index (χ0n) is 7.58. The van der Waals surface area contributed by atoms with Crippen LogP contribution >= 0.6 is 11.8 Å². The summed E-state index contributed by atoms with van der Waals surface area (Å²) in [7, 11) is 0. The first kappa shape index (κ1) is 7.69. The molecule has 4 atom stereocenters. The summed E-state index contributed by atoms with van der Waals surface area (Å²) in [6.45, 7) is 0. The Morgan fingerprint density at radius 1 is 1.50 bits per heavy atom. The van der Waals surface area contributed by atoms with Crippen molar-refractivity contribution < 1.29 is 4.74 Å². The van der Waals surface area contributed by atoms with Gasteiger partial charge in [0.05, 0.1) is 11.7 Å². The molecule has 0 amide bonds. The molecule has 2 aliphatic heterocycles. The molecule has 4 fully saturated rings. The van der Waals surface area contributed by atoms with Gasteiger partial charge in [0.1, 0.15) is 0 Å². The third kappa shape index (κ3) is 0.805. The SMILES string of the molecule is CSCCC1CC2CC13CC2O3. The van der Waals surface area contributed by atoms with Gasteiger partial charge in [-0.2, -0.15) is 11.8 Å². The second-order valence-electron chi connectivity index (χ2n) is 4.60. The van der Waals surface area contributed by atoms with Gasteiger partial charge in [-0.1, -0.05) is 0 Å². The van der Waals surface area contributed by atoms with E-state index in [1.165, 1.54) is 31.4 Å². The standard InChI is InChI=1S/C10H16OS/c1-12-3-2-8-4-7-5-10(8)6-9(7)11-10/h7-9H,2-6H2,1H3. The van der Waals surface area contributed by atoms with Gasteiger partial charge in [-0.15, -0.1) is 0 Å². The van der Waals surface area contributed by atoms with Crippen molar-refractivity contribution in [2.75, 3.05) is 12.0 Å². The van der Waals surface area contributed by atoms with Crippen LogP contribution in [0.5, 0.6) is 0 Å². The monoisotopic (exact) mass is 184 g/mol. The van der Waals surface area contributed by atoms with E-state index in [0.29, 0.717) is 11.7 Å². The minimum atomic E-state index is 0.408. The average molecular weight is 184 g/mol. The van der Waals surface area contributed by atoms with Crippen molar-refractivity contribution in [3.63, 3.8) is 0 Å². The van der Waals surface area contributed by atoms with Crippen LogP contribution in [0.3, 0.4) is 0 Å². The molecule has 2 heteroatoms. The van der Waals surface area contributed by atoms with Gasteiger partial charge in [-0.3, -0.25) is 0 Å². The largest absolute Gasteiger partial charge is 0.371 e. The van der Waals surface area contributed by atoms with Gasteiger partial charge in [0, 0.05) is 6.42 Å². The smallest absolute Gasteiger partial charge is 0.0743 e. The molecule has 2 saturated carbocycles. The highest BCUT2D eigenvalue weighted by Gasteiger charge is 2.66.